The Labute approximate surface area is 139 Å². The summed E-state index contributed by atoms with van der Waals surface area (Å²) in [4.78, 5) is 11.6. The SMILES string of the molecule is CC(C)(C)OC(=O)NCc1cc2cc(C(F)(F)F)cc(Br)c2o1. The maximum absolute atomic E-state index is 12.8. The van der Waals surface area contributed by atoms with E-state index in [1.54, 1.807) is 20.8 Å². The average molecular weight is 394 g/mol. The largest absolute Gasteiger partial charge is 0.458 e. The molecule has 23 heavy (non-hydrogen) atoms. The number of ether oxygens (including phenoxy) is 1. The first-order valence-electron chi connectivity index (χ1n) is 6.72. The first kappa shape index (κ1) is 17.7. The Kier molecular flexibility index (Phi) is 4.66. The van der Waals surface area contributed by atoms with Crippen LogP contribution in [-0.2, 0) is 17.5 Å². The lowest BCUT2D eigenvalue weighted by molar-refractivity contribution is -0.137. The first-order valence-corrected chi connectivity index (χ1v) is 7.51. The van der Waals surface area contributed by atoms with Gasteiger partial charge >= 0.3 is 12.3 Å². The van der Waals surface area contributed by atoms with E-state index in [4.69, 9.17) is 9.15 Å². The Morgan fingerprint density at radius 2 is 1.91 bits per heavy atom. The molecule has 126 valence electrons. The van der Waals surface area contributed by atoms with Crippen LogP contribution in [0.4, 0.5) is 18.0 Å². The summed E-state index contributed by atoms with van der Waals surface area (Å²) in [6.07, 6.45) is -5.07. The van der Waals surface area contributed by atoms with E-state index in [1.807, 2.05) is 0 Å². The van der Waals surface area contributed by atoms with E-state index in [0.717, 1.165) is 12.1 Å². The van der Waals surface area contributed by atoms with Crippen molar-refractivity contribution in [3.8, 4) is 0 Å². The summed E-state index contributed by atoms with van der Waals surface area (Å²) in [5.41, 5.74) is -1.12. The van der Waals surface area contributed by atoms with Crippen molar-refractivity contribution in [3.63, 3.8) is 0 Å². The molecule has 0 atom stereocenters. The van der Waals surface area contributed by atoms with Crippen LogP contribution < -0.4 is 5.32 Å². The van der Waals surface area contributed by atoms with Crippen molar-refractivity contribution in [2.45, 2.75) is 39.1 Å². The Balaban J connectivity index is 2.18. The number of nitrogens with one attached hydrogen (secondary N) is 1. The van der Waals surface area contributed by atoms with Crippen molar-refractivity contribution in [2.75, 3.05) is 0 Å². The first-order chi connectivity index (χ1) is 10.5. The van der Waals surface area contributed by atoms with Crippen LogP contribution >= 0.6 is 15.9 Å². The highest BCUT2D eigenvalue weighted by Gasteiger charge is 2.31. The molecule has 0 aliphatic heterocycles. The Morgan fingerprint density at radius 1 is 1.26 bits per heavy atom. The Hall–Kier alpha value is -1.70. The molecule has 1 aromatic heterocycles. The number of rotatable bonds is 2. The van der Waals surface area contributed by atoms with Gasteiger partial charge in [-0.1, -0.05) is 0 Å². The van der Waals surface area contributed by atoms with Crippen LogP contribution in [0.2, 0.25) is 0 Å². The summed E-state index contributed by atoms with van der Waals surface area (Å²) in [6, 6.07) is 3.41. The van der Waals surface area contributed by atoms with Crippen LogP contribution in [0.5, 0.6) is 0 Å². The molecular formula is C15H15BrF3NO3. The second-order valence-corrected chi connectivity index (χ2v) is 6.80. The predicted molar refractivity (Wildman–Crippen MR) is 82.0 cm³/mol. The average Bonchev–Trinajstić information content (AvgIpc) is 2.77. The van der Waals surface area contributed by atoms with E-state index in [0.29, 0.717) is 16.7 Å². The van der Waals surface area contributed by atoms with Gasteiger partial charge in [-0.15, -0.1) is 0 Å². The number of furan rings is 1. The Bertz CT molecular complexity index is 732. The van der Waals surface area contributed by atoms with Gasteiger partial charge in [0.25, 0.3) is 0 Å². The number of alkyl carbamates (subject to hydrolysis) is 1. The molecule has 1 heterocycles. The van der Waals surface area contributed by atoms with Crippen LogP contribution in [0.3, 0.4) is 0 Å². The summed E-state index contributed by atoms with van der Waals surface area (Å²) in [7, 11) is 0. The van der Waals surface area contributed by atoms with Gasteiger partial charge in [-0.2, -0.15) is 13.2 Å². The third-order valence-electron chi connectivity index (χ3n) is 2.76. The zero-order chi connectivity index (χ0) is 17.4. The molecule has 0 unspecified atom stereocenters. The summed E-state index contributed by atoms with van der Waals surface area (Å²) in [5.74, 6) is 0.325. The highest BCUT2D eigenvalue weighted by molar-refractivity contribution is 9.10. The monoisotopic (exact) mass is 393 g/mol. The molecule has 0 saturated heterocycles. The molecule has 0 radical (unpaired) electrons. The summed E-state index contributed by atoms with van der Waals surface area (Å²) in [5, 5.41) is 2.79. The molecule has 4 nitrogen and oxygen atoms in total. The summed E-state index contributed by atoms with van der Waals surface area (Å²) in [6.45, 7) is 5.19. The van der Waals surface area contributed by atoms with Gasteiger partial charge in [0.1, 0.15) is 16.9 Å². The fraction of sp³-hybridized carbons (Fsp3) is 0.400. The quantitative estimate of drug-likeness (QED) is 0.758. The summed E-state index contributed by atoms with van der Waals surface area (Å²) < 4.78 is 49.1. The number of alkyl halides is 3. The normalized spacial score (nSPS) is 12.5. The van der Waals surface area contributed by atoms with Crippen LogP contribution in [0.1, 0.15) is 32.1 Å². The minimum Gasteiger partial charge on any atom is -0.458 e. The number of fused-ring (bicyclic) bond motifs is 1. The van der Waals surface area contributed by atoms with Crippen LogP contribution in [0.15, 0.2) is 27.1 Å². The van der Waals surface area contributed by atoms with Gasteiger partial charge in [-0.25, -0.2) is 4.79 Å². The Morgan fingerprint density at radius 3 is 2.48 bits per heavy atom. The van der Waals surface area contributed by atoms with Gasteiger partial charge in [-0.3, -0.25) is 0 Å². The molecule has 8 heteroatoms. The number of hydrogen-bond acceptors (Lipinski definition) is 3. The smallest absolute Gasteiger partial charge is 0.416 e. The van der Waals surface area contributed by atoms with E-state index in [2.05, 4.69) is 21.2 Å². The molecular weight excluding hydrogens is 379 g/mol. The standard InChI is InChI=1S/C15H15BrF3NO3/c1-14(2,3)23-13(21)20-7-10-5-8-4-9(15(17,18)19)6-11(16)12(8)22-10/h4-6H,7H2,1-3H3,(H,20,21). The maximum atomic E-state index is 12.8. The van der Waals surface area contributed by atoms with E-state index in [-0.39, 0.29) is 11.0 Å². The lowest BCUT2D eigenvalue weighted by Gasteiger charge is -2.19. The zero-order valence-corrected chi connectivity index (χ0v) is 14.3. The maximum Gasteiger partial charge on any atom is 0.416 e. The molecule has 0 bridgehead atoms. The van der Waals surface area contributed by atoms with E-state index < -0.39 is 23.4 Å². The molecule has 2 rings (SSSR count). The lowest BCUT2D eigenvalue weighted by Crippen LogP contribution is -2.32. The number of amides is 1. The predicted octanol–water partition coefficient (Wildman–Crippen LogP) is 5.24. The molecule has 0 spiro atoms. The van der Waals surface area contributed by atoms with Crippen LogP contribution in [0, 0.1) is 0 Å². The van der Waals surface area contributed by atoms with Crippen molar-refractivity contribution in [1.29, 1.82) is 0 Å². The van der Waals surface area contributed by atoms with Gasteiger partial charge in [0.2, 0.25) is 0 Å². The highest BCUT2D eigenvalue weighted by atomic mass is 79.9. The van der Waals surface area contributed by atoms with Gasteiger partial charge in [0.15, 0.2) is 0 Å². The molecule has 1 N–H and O–H groups in total. The molecule has 1 aromatic carbocycles. The van der Waals surface area contributed by atoms with Crippen LogP contribution in [-0.4, -0.2) is 11.7 Å². The van der Waals surface area contributed by atoms with Crippen molar-refractivity contribution in [1.82, 2.24) is 5.32 Å². The topological polar surface area (TPSA) is 51.5 Å². The third-order valence-corrected chi connectivity index (χ3v) is 3.34. The molecule has 0 aliphatic carbocycles. The minimum absolute atomic E-state index is 0.0113. The number of carbonyl (C=O) groups is 1. The van der Waals surface area contributed by atoms with Crippen molar-refractivity contribution < 1.29 is 27.1 Å². The molecule has 2 aromatic rings. The van der Waals surface area contributed by atoms with E-state index in [9.17, 15) is 18.0 Å². The number of halogens is 4. The van der Waals surface area contributed by atoms with Gasteiger partial charge in [0, 0.05) is 5.39 Å². The minimum atomic E-state index is -4.44. The molecule has 0 fully saturated rings. The second-order valence-electron chi connectivity index (χ2n) is 5.94. The number of carbonyl (C=O) groups excluding carboxylic acids is 1. The fourth-order valence-corrected chi connectivity index (χ4v) is 2.44. The van der Waals surface area contributed by atoms with Crippen molar-refractivity contribution in [3.05, 3.63) is 34.0 Å². The number of benzene rings is 1. The van der Waals surface area contributed by atoms with Gasteiger partial charge in [0.05, 0.1) is 16.6 Å². The van der Waals surface area contributed by atoms with Gasteiger partial charge in [-0.05, 0) is 54.9 Å². The molecule has 1 amide bonds. The fourth-order valence-electron chi connectivity index (χ4n) is 1.89. The van der Waals surface area contributed by atoms with Crippen molar-refractivity contribution >= 4 is 33.0 Å². The second kappa shape index (κ2) is 6.07. The van der Waals surface area contributed by atoms with Crippen LogP contribution in [0.25, 0.3) is 11.0 Å². The third kappa shape index (κ3) is 4.63. The molecule has 0 saturated carbocycles. The number of hydrogen-bond donors (Lipinski definition) is 1. The molecule has 0 aliphatic rings. The van der Waals surface area contributed by atoms with E-state index >= 15 is 0 Å². The summed E-state index contributed by atoms with van der Waals surface area (Å²) >= 11 is 3.07. The van der Waals surface area contributed by atoms with Crippen molar-refractivity contribution in [2.24, 2.45) is 0 Å². The highest BCUT2D eigenvalue weighted by Crippen LogP contribution is 2.36. The zero-order valence-electron chi connectivity index (χ0n) is 12.7. The van der Waals surface area contributed by atoms with E-state index in [1.165, 1.54) is 6.07 Å². The lowest BCUT2D eigenvalue weighted by atomic mass is 10.1. The van der Waals surface area contributed by atoms with Gasteiger partial charge < -0.3 is 14.5 Å².